The Morgan fingerprint density at radius 1 is 0.943 bits per heavy atom. The van der Waals surface area contributed by atoms with E-state index in [0.29, 0.717) is 43.7 Å². The van der Waals surface area contributed by atoms with Crippen molar-refractivity contribution in [3.63, 3.8) is 0 Å². The number of carbonyl (C=O) groups excluding carboxylic acids is 1. The minimum atomic E-state index is -0.764. The van der Waals surface area contributed by atoms with Gasteiger partial charge in [-0.3, -0.25) is 14.5 Å². The normalized spacial score (nSPS) is 23.2. The first-order chi connectivity index (χ1) is 17.1. The van der Waals surface area contributed by atoms with E-state index in [0.717, 1.165) is 38.8 Å². The van der Waals surface area contributed by atoms with Gasteiger partial charge >= 0.3 is 5.97 Å². The Morgan fingerprint density at radius 2 is 1.63 bits per heavy atom. The van der Waals surface area contributed by atoms with Crippen molar-refractivity contribution in [3.8, 4) is 11.1 Å². The largest absolute Gasteiger partial charge is 0.481 e. The maximum absolute atomic E-state index is 13.2. The number of morpholine rings is 1. The van der Waals surface area contributed by atoms with Gasteiger partial charge in [0.25, 0.3) is 0 Å². The van der Waals surface area contributed by atoms with Crippen LogP contribution >= 0.6 is 0 Å². The zero-order valence-corrected chi connectivity index (χ0v) is 20.5. The van der Waals surface area contributed by atoms with Gasteiger partial charge in [-0.05, 0) is 60.6 Å². The highest BCUT2D eigenvalue weighted by atomic mass is 16.5. The zero-order valence-electron chi connectivity index (χ0n) is 20.5. The number of carbonyl (C=O) groups is 2. The molecule has 3 unspecified atom stereocenters. The molecular weight excluding hydrogens is 438 g/mol. The minimum Gasteiger partial charge on any atom is -0.481 e. The third-order valence-electron chi connectivity index (χ3n) is 7.47. The van der Waals surface area contributed by atoms with Gasteiger partial charge in [0.05, 0.1) is 19.3 Å². The molecule has 2 fully saturated rings. The number of aliphatic carboxylic acids is 1. The summed E-state index contributed by atoms with van der Waals surface area (Å²) in [6, 6.07) is 19.2. The lowest BCUT2D eigenvalue weighted by atomic mass is 9.84. The zero-order chi connectivity index (χ0) is 24.5. The van der Waals surface area contributed by atoms with E-state index in [1.54, 1.807) is 0 Å². The van der Waals surface area contributed by atoms with E-state index in [1.165, 1.54) is 16.7 Å². The number of carboxylic acid groups (broad SMARTS) is 1. The molecule has 1 heterocycles. The SMILES string of the molecule is O=C(O)CCC=CCCC1C(CCc2ccc(-c3ccccc3)cc2)CC(=O)C1N1CCOCC1. The molecule has 2 aromatic carbocycles. The molecule has 4 rings (SSSR count). The summed E-state index contributed by atoms with van der Waals surface area (Å²) in [7, 11) is 0. The van der Waals surface area contributed by atoms with Crippen LogP contribution in [0.2, 0.25) is 0 Å². The van der Waals surface area contributed by atoms with Gasteiger partial charge in [-0.2, -0.15) is 0 Å². The lowest BCUT2D eigenvalue weighted by Crippen LogP contribution is -2.48. The smallest absolute Gasteiger partial charge is 0.303 e. The summed E-state index contributed by atoms with van der Waals surface area (Å²) in [6.45, 7) is 3.05. The van der Waals surface area contributed by atoms with Crippen molar-refractivity contribution in [1.82, 2.24) is 4.90 Å². The first-order valence-corrected chi connectivity index (χ1v) is 13.0. The highest BCUT2D eigenvalue weighted by molar-refractivity contribution is 5.87. The van der Waals surface area contributed by atoms with Gasteiger partial charge in [0.15, 0.2) is 5.78 Å². The average molecular weight is 476 g/mol. The van der Waals surface area contributed by atoms with Crippen LogP contribution in [0.4, 0.5) is 0 Å². The van der Waals surface area contributed by atoms with Crippen LogP contribution < -0.4 is 0 Å². The summed E-state index contributed by atoms with van der Waals surface area (Å²) in [4.78, 5) is 26.2. The summed E-state index contributed by atoms with van der Waals surface area (Å²) >= 11 is 0. The predicted molar refractivity (Wildman–Crippen MR) is 138 cm³/mol. The number of nitrogens with zero attached hydrogens (tertiary/aromatic N) is 1. The molecule has 1 aliphatic heterocycles. The number of ether oxygens (including phenoxy) is 1. The van der Waals surface area contributed by atoms with Crippen LogP contribution in [-0.2, 0) is 20.7 Å². The van der Waals surface area contributed by atoms with Crippen LogP contribution in [0.5, 0.6) is 0 Å². The van der Waals surface area contributed by atoms with Crippen molar-refractivity contribution in [2.75, 3.05) is 26.3 Å². The van der Waals surface area contributed by atoms with E-state index in [4.69, 9.17) is 9.84 Å². The fourth-order valence-electron chi connectivity index (χ4n) is 5.64. The second-order valence-electron chi connectivity index (χ2n) is 9.77. The minimum absolute atomic E-state index is 0.00298. The van der Waals surface area contributed by atoms with Crippen LogP contribution in [0.3, 0.4) is 0 Å². The van der Waals surface area contributed by atoms with Gasteiger partial charge in [-0.15, -0.1) is 0 Å². The number of ketones is 1. The number of benzene rings is 2. The van der Waals surface area contributed by atoms with Crippen molar-refractivity contribution in [2.45, 2.75) is 51.0 Å². The van der Waals surface area contributed by atoms with Crippen LogP contribution in [0.25, 0.3) is 11.1 Å². The molecule has 35 heavy (non-hydrogen) atoms. The quantitative estimate of drug-likeness (QED) is 0.441. The van der Waals surface area contributed by atoms with E-state index in [9.17, 15) is 9.59 Å². The number of aryl methyl sites for hydroxylation is 1. The van der Waals surface area contributed by atoms with Crippen LogP contribution in [0, 0.1) is 11.8 Å². The summed E-state index contributed by atoms with van der Waals surface area (Å²) in [6.07, 6.45) is 9.32. The lowest BCUT2D eigenvalue weighted by Gasteiger charge is -2.36. The topological polar surface area (TPSA) is 66.8 Å². The Balaban J connectivity index is 1.38. The molecule has 5 nitrogen and oxygen atoms in total. The molecule has 186 valence electrons. The van der Waals surface area contributed by atoms with Crippen molar-refractivity contribution in [1.29, 1.82) is 0 Å². The molecule has 0 aromatic heterocycles. The van der Waals surface area contributed by atoms with E-state index in [1.807, 2.05) is 12.1 Å². The van der Waals surface area contributed by atoms with Gasteiger partial charge < -0.3 is 9.84 Å². The highest BCUT2D eigenvalue weighted by Gasteiger charge is 2.44. The van der Waals surface area contributed by atoms with Gasteiger partial charge in [0.1, 0.15) is 0 Å². The number of rotatable bonds is 11. The fourth-order valence-corrected chi connectivity index (χ4v) is 5.64. The van der Waals surface area contributed by atoms with E-state index >= 15 is 0 Å². The Kier molecular flexibility index (Phi) is 9.27. The van der Waals surface area contributed by atoms with E-state index in [2.05, 4.69) is 59.5 Å². The predicted octanol–water partition coefficient (Wildman–Crippen LogP) is 5.39. The van der Waals surface area contributed by atoms with Crippen LogP contribution in [0.15, 0.2) is 66.7 Å². The summed E-state index contributed by atoms with van der Waals surface area (Å²) in [5, 5.41) is 8.82. The van der Waals surface area contributed by atoms with Crippen molar-refractivity contribution in [3.05, 3.63) is 72.3 Å². The first-order valence-electron chi connectivity index (χ1n) is 13.0. The van der Waals surface area contributed by atoms with Gasteiger partial charge in [0.2, 0.25) is 0 Å². The monoisotopic (exact) mass is 475 g/mol. The molecule has 1 aliphatic carbocycles. The van der Waals surface area contributed by atoms with Gasteiger partial charge in [-0.25, -0.2) is 0 Å². The third-order valence-corrected chi connectivity index (χ3v) is 7.47. The maximum atomic E-state index is 13.2. The Morgan fingerprint density at radius 3 is 2.34 bits per heavy atom. The number of Topliss-reactive ketones (excluding diaryl/α,β-unsaturated/α-hetero) is 1. The maximum Gasteiger partial charge on any atom is 0.303 e. The molecule has 1 N–H and O–H groups in total. The van der Waals surface area contributed by atoms with E-state index in [-0.39, 0.29) is 12.5 Å². The molecule has 0 amide bonds. The molecule has 3 atom stereocenters. The summed E-state index contributed by atoms with van der Waals surface area (Å²) in [5.74, 6) is 0.348. The highest BCUT2D eigenvalue weighted by Crippen LogP contribution is 2.39. The second kappa shape index (κ2) is 12.8. The van der Waals surface area contributed by atoms with Crippen LogP contribution in [0.1, 0.15) is 44.1 Å². The molecular formula is C30H37NO4. The second-order valence-corrected chi connectivity index (χ2v) is 9.77. The third kappa shape index (κ3) is 7.12. The number of hydrogen-bond donors (Lipinski definition) is 1. The summed E-state index contributed by atoms with van der Waals surface area (Å²) < 4.78 is 5.54. The molecule has 0 radical (unpaired) electrons. The Bertz CT molecular complexity index is 979. The fraction of sp³-hybridized carbons (Fsp3) is 0.467. The molecule has 5 heteroatoms. The molecule has 0 bridgehead atoms. The van der Waals surface area contributed by atoms with Crippen molar-refractivity contribution in [2.24, 2.45) is 11.8 Å². The first kappa shape index (κ1) is 25.3. The summed E-state index contributed by atoms with van der Waals surface area (Å²) in [5.41, 5.74) is 3.77. The van der Waals surface area contributed by atoms with Gasteiger partial charge in [0, 0.05) is 25.9 Å². The lowest BCUT2D eigenvalue weighted by molar-refractivity contribution is -0.136. The molecule has 0 spiro atoms. The van der Waals surface area contributed by atoms with Crippen LogP contribution in [-0.4, -0.2) is 54.1 Å². The molecule has 2 aliphatic rings. The molecule has 1 saturated carbocycles. The van der Waals surface area contributed by atoms with Crippen molar-refractivity contribution < 1.29 is 19.4 Å². The molecule has 1 saturated heterocycles. The van der Waals surface area contributed by atoms with Crippen molar-refractivity contribution >= 4 is 11.8 Å². The Labute approximate surface area is 208 Å². The number of carboxylic acids is 1. The van der Waals surface area contributed by atoms with Gasteiger partial charge in [-0.1, -0.05) is 66.7 Å². The number of allylic oxidation sites excluding steroid dienone is 2. The Hall–Kier alpha value is -2.76. The standard InChI is InChI=1S/C30H37NO4/c32-28-22-26(17-14-23-12-15-25(16-13-23)24-8-4-3-5-9-24)27(10-6-1-2-7-11-29(33)34)30(28)31-18-20-35-21-19-31/h1-5,8-9,12-13,15-16,26-27,30H,6-7,10-11,14,17-22H2,(H,33,34). The average Bonchev–Trinajstić information content (AvgIpc) is 3.20. The van der Waals surface area contributed by atoms with E-state index < -0.39 is 5.97 Å². The number of hydrogen-bond acceptors (Lipinski definition) is 4. The molecule has 2 aromatic rings.